The molecule has 0 aromatic heterocycles. The Morgan fingerprint density at radius 3 is 2.74 bits per heavy atom. The van der Waals surface area contributed by atoms with Gasteiger partial charge in [-0.2, -0.15) is 0 Å². The first kappa shape index (κ1) is 13.8. The van der Waals surface area contributed by atoms with Crippen molar-refractivity contribution in [1.29, 1.82) is 0 Å². The number of ether oxygens (including phenoxy) is 2. The molecule has 3 heteroatoms. The van der Waals surface area contributed by atoms with Gasteiger partial charge in [-0.1, -0.05) is 12.2 Å². The number of nitrogens with one attached hydrogen (secondary N) is 1. The highest BCUT2D eigenvalue weighted by Gasteiger charge is 2.12. The third-order valence-corrected chi connectivity index (χ3v) is 3.16. The second kappa shape index (κ2) is 7.07. The van der Waals surface area contributed by atoms with Gasteiger partial charge in [0.25, 0.3) is 0 Å². The number of benzene rings is 1. The molecule has 1 aliphatic rings. The van der Waals surface area contributed by atoms with Crippen LogP contribution in [0, 0.1) is 0 Å². The monoisotopic (exact) mass is 261 g/mol. The summed E-state index contributed by atoms with van der Waals surface area (Å²) in [5, 5.41) is 3.54. The van der Waals surface area contributed by atoms with Gasteiger partial charge in [-0.3, -0.25) is 0 Å². The average molecular weight is 261 g/mol. The molecule has 1 aliphatic carbocycles. The predicted octanol–water partition coefficient (Wildman–Crippen LogP) is 4.00. The zero-order valence-corrected chi connectivity index (χ0v) is 11.8. The Kier molecular flexibility index (Phi) is 5.13. The van der Waals surface area contributed by atoms with E-state index in [1.165, 1.54) is 19.3 Å². The molecule has 0 saturated heterocycles. The number of hydrogen-bond donors (Lipinski definition) is 1. The van der Waals surface area contributed by atoms with Gasteiger partial charge >= 0.3 is 0 Å². The first-order valence-corrected chi connectivity index (χ1v) is 7.16. The molecule has 1 aromatic rings. The Bertz CT molecular complexity index is 429. The van der Waals surface area contributed by atoms with Gasteiger partial charge in [0.2, 0.25) is 0 Å². The third kappa shape index (κ3) is 3.91. The van der Waals surface area contributed by atoms with Gasteiger partial charge in [0.15, 0.2) is 0 Å². The van der Waals surface area contributed by atoms with E-state index in [1.807, 2.05) is 32.0 Å². The summed E-state index contributed by atoms with van der Waals surface area (Å²) >= 11 is 0. The Morgan fingerprint density at radius 2 is 2.05 bits per heavy atom. The second-order valence-electron chi connectivity index (χ2n) is 4.63. The minimum absolute atomic E-state index is 0.393. The predicted molar refractivity (Wildman–Crippen MR) is 79.2 cm³/mol. The first-order chi connectivity index (χ1) is 9.33. The molecule has 104 valence electrons. The Hall–Kier alpha value is -1.64. The van der Waals surface area contributed by atoms with Crippen LogP contribution in [0.25, 0.3) is 0 Å². The molecule has 0 radical (unpaired) electrons. The molecule has 0 saturated carbocycles. The van der Waals surface area contributed by atoms with Crippen molar-refractivity contribution >= 4 is 5.69 Å². The number of allylic oxidation sites excluding steroid dienone is 1. The van der Waals surface area contributed by atoms with E-state index in [4.69, 9.17) is 9.47 Å². The SMILES string of the molecule is CCOc1ccc(OCC)c(NC2C=CCCC2)c1. The normalized spacial score (nSPS) is 18.1. The highest BCUT2D eigenvalue weighted by Crippen LogP contribution is 2.31. The number of rotatable bonds is 6. The van der Waals surface area contributed by atoms with Crippen molar-refractivity contribution in [2.24, 2.45) is 0 Å². The van der Waals surface area contributed by atoms with Crippen LogP contribution in [0.5, 0.6) is 11.5 Å². The molecule has 1 aromatic carbocycles. The van der Waals surface area contributed by atoms with Crippen molar-refractivity contribution in [3.05, 3.63) is 30.4 Å². The molecule has 1 unspecified atom stereocenters. The zero-order valence-electron chi connectivity index (χ0n) is 11.8. The Labute approximate surface area is 115 Å². The molecule has 0 fully saturated rings. The standard InChI is InChI=1S/C16H23NO2/c1-3-18-14-10-11-16(19-4-2)15(12-14)17-13-8-6-5-7-9-13/h6,8,10-13,17H,3-5,7,9H2,1-2H3. The molecule has 3 nitrogen and oxygen atoms in total. The van der Waals surface area contributed by atoms with Gasteiger partial charge in [-0.05, 0) is 45.2 Å². The fraction of sp³-hybridized carbons (Fsp3) is 0.500. The molecule has 0 spiro atoms. The van der Waals surface area contributed by atoms with Crippen LogP contribution in [0.15, 0.2) is 30.4 Å². The van der Waals surface area contributed by atoms with E-state index in [9.17, 15) is 0 Å². The molecular weight excluding hydrogens is 238 g/mol. The molecule has 0 bridgehead atoms. The minimum Gasteiger partial charge on any atom is -0.494 e. The largest absolute Gasteiger partial charge is 0.494 e. The lowest BCUT2D eigenvalue weighted by molar-refractivity contribution is 0.331. The van der Waals surface area contributed by atoms with E-state index >= 15 is 0 Å². The molecular formula is C16H23NO2. The van der Waals surface area contributed by atoms with Crippen molar-refractivity contribution in [2.75, 3.05) is 18.5 Å². The Morgan fingerprint density at radius 1 is 1.21 bits per heavy atom. The van der Waals surface area contributed by atoms with E-state index in [0.717, 1.165) is 17.2 Å². The fourth-order valence-corrected chi connectivity index (χ4v) is 2.29. The van der Waals surface area contributed by atoms with Gasteiger partial charge in [-0.25, -0.2) is 0 Å². The maximum absolute atomic E-state index is 5.67. The highest BCUT2D eigenvalue weighted by atomic mass is 16.5. The van der Waals surface area contributed by atoms with E-state index in [0.29, 0.717) is 19.3 Å². The smallest absolute Gasteiger partial charge is 0.142 e. The van der Waals surface area contributed by atoms with Gasteiger partial charge in [0.05, 0.1) is 18.9 Å². The lowest BCUT2D eigenvalue weighted by atomic mass is 10.0. The average Bonchev–Trinajstić information content (AvgIpc) is 2.43. The van der Waals surface area contributed by atoms with Crippen molar-refractivity contribution < 1.29 is 9.47 Å². The van der Waals surface area contributed by atoms with Crippen molar-refractivity contribution in [3.63, 3.8) is 0 Å². The fourth-order valence-electron chi connectivity index (χ4n) is 2.29. The van der Waals surface area contributed by atoms with Crippen LogP contribution >= 0.6 is 0 Å². The van der Waals surface area contributed by atoms with Crippen molar-refractivity contribution in [3.8, 4) is 11.5 Å². The summed E-state index contributed by atoms with van der Waals surface area (Å²) in [7, 11) is 0. The van der Waals surface area contributed by atoms with Crippen molar-refractivity contribution in [2.45, 2.75) is 39.2 Å². The highest BCUT2D eigenvalue weighted by molar-refractivity contribution is 5.60. The first-order valence-electron chi connectivity index (χ1n) is 7.16. The van der Waals surface area contributed by atoms with Gasteiger partial charge < -0.3 is 14.8 Å². The van der Waals surface area contributed by atoms with Crippen molar-refractivity contribution in [1.82, 2.24) is 0 Å². The molecule has 0 amide bonds. The van der Waals surface area contributed by atoms with Gasteiger partial charge in [0.1, 0.15) is 11.5 Å². The topological polar surface area (TPSA) is 30.5 Å². The summed E-state index contributed by atoms with van der Waals surface area (Å²) in [6, 6.07) is 6.35. The molecule has 1 N–H and O–H groups in total. The maximum Gasteiger partial charge on any atom is 0.142 e. The van der Waals surface area contributed by atoms with Crippen LogP contribution in [-0.4, -0.2) is 19.3 Å². The van der Waals surface area contributed by atoms with Crippen LogP contribution < -0.4 is 14.8 Å². The summed E-state index contributed by atoms with van der Waals surface area (Å²) in [6.07, 6.45) is 8.08. The van der Waals surface area contributed by atoms with Crippen LogP contribution in [0.4, 0.5) is 5.69 Å². The quantitative estimate of drug-likeness (QED) is 0.785. The zero-order chi connectivity index (χ0) is 13.5. The summed E-state index contributed by atoms with van der Waals surface area (Å²) in [5.74, 6) is 1.78. The van der Waals surface area contributed by atoms with Crippen LogP contribution in [0.1, 0.15) is 33.1 Å². The third-order valence-electron chi connectivity index (χ3n) is 3.16. The summed E-state index contributed by atoms with van der Waals surface area (Å²) in [5.41, 5.74) is 1.02. The van der Waals surface area contributed by atoms with E-state index in [1.54, 1.807) is 0 Å². The number of hydrogen-bond acceptors (Lipinski definition) is 3. The molecule has 0 heterocycles. The minimum atomic E-state index is 0.393. The Balaban J connectivity index is 2.15. The lowest BCUT2D eigenvalue weighted by Gasteiger charge is -2.21. The summed E-state index contributed by atoms with van der Waals surface area (Å²) in [6.45, 7) is 5.34. The van der Waals surface area contributed by atoms with Crippen LogP contribution in [-0.2, 0) is 0 Å². The van der Waals surface area contributed by atoms with Gasteiger partial charge in [0, 0.05) is 12.1 Å². The van der Waals surface area contributed by atoms with Gasteiger partial charge in [-0.15, -0.1) is 0 Å². The van der Waals surface area contributed by atoms with Crippen LogP contribution in [0.3, 0.4) is 0 Å². The number of anilines is 1. The second-order valence-corrected chi connectivity index (χ2v) is 4.63. The summed E-state index contributed by atoms with van der Waals surface area (Å²) < 4.78 is 11.2. The molecule has 19 heavy (non-hydrogen) atoms. The maximum atomic E-state index is 5.67. The van der Waals surface area contributed by atoms with E-state index in [-0.39, 0.29) is 0 Å². The molecule has 0 aliphatic heterocycles. The van der Waals surface area contributed by atoms with E-state index < -0.39 is 0 Å². The molecule has 1 atom stereocenters. The summed E-state index contributed by atoms with van der Waals surface area (Å²) in [4.78, 5) is 0. The van der Waals surface area contributed by atoms with Crippen LogP contribution in [0.2, 0.25) is 0 Å². The lowest BCUT2D eigenvalue weighted by Crippen LogP contribution is -2.19. The van der Waals surface area contributed by atoms with E-state index in [2.05, 4.69) is 17.5 Å². The molecule has 2 rings (SSSR count).